The molecule has 2 aromatic carbocycles. The first kappa shape index (κ1) is 26.4. The van der Waals surface area contributed by atoms with Crippen molar-refractivity contribution in [2.75, 3.05) is 40.0 Å². The fourth-order valence-electron chi connectivity index (χ4n) is 5.24. The third-order valence-corrected chi connectivity index (χ3v) is 8.65. The summed E-state index contributed by atoms with van der Waals surface area (Å²) in [7, 11) is -0.00829. The van der Waals surface area contributed by atoms with E-state index in [2.05, 4.69) is 0 Å². The van der Waals surface area contributed by atoms with Gasteiger partial charge in [0.25, 0.3) is 0 Å². The molecule has 0 bridgehead atoms. The summed E-state index contributed by atoms with van der Waals surface area (Å²) in [6.07, 6.45) is -2.70. The van der Waals surface area contributed by atoms with Crippen LogP contribution in [0.3, 0.4) is 0 Å². The van der Waals surface area contributed by atoms with Crippen LogP contribution >= 0.6 is 0 Å². The number of alkyl halides is 3. The predicted molar refractivity (Wildman–Crippen MR) is 129 cm³/mol. The van der Waals surface area contributed by atoms with Gasteiger partial charge in [0.05, 0.1) is 18.9 Å². The van der Waals surface area contributed by atoms with E-state index in [9.17, 15) is 26.4 Å². The van der Waals surface area contributed by atoms with Gasteiger partial charge in [0.2, 0.25) is 15.9 Å². The van der Waals surface area contributed by atoms with Gasteiger partial charge < -0.3 is 9.64 Å². The lowest BCUT2D eigenvalue weighted by Gasteiger charge is -2.41. The lowest BCUT2D eigenvalue weighted by atomic mass is 9.87. The molecule has 2 heterocycles. The Morgan fingerprint density at radius 3 is 2.11 bits per heavy atom. The maximum atomic E-state index is 13.9. The van der Waals surface area contributed by atoms with Crippen LogP contribution in [0.1, 0.15) is 35.7 Å². The van der Waals surface area contributed by atoms with Crippen molar-refractivity contribution in [3.05, 3.63) is 65.2 Å². The molecule has 2 aromatic rings. The molecular formula is C25H30F3N3O4S. The Bertz CT molecular complexity index is 1190. The smallest absolute Gasteiger partial charge is 0.416 e. The first-order chi connectivity index (χ1) is 16.9. The van der Waals surface area contributed by atoms with Gasteiger partial charge in [-0.1, -0.05) is 24.3 Å². The summed E-state index contributed by atoms with van der Waals surface area (Å²) in [5, 5.41) is 0. The van der Waals surface area contributed by atoms with Gasteiger partial charge in [-0.15, -0.1) is 0 Å². The van der Waals surface area contributed by atoms with Crippen LogP contribution < -0.4 is 4.74 Å². The summed E-state index contributed by atoms with van der Waals surface area (Å²) < 4.78 is 70.1. The van der Waals surface area contributed by atoms with Gasteiger partial charge in [0, 0.05) is 19.6 Å². The van der Waals surface area contributed by atoms with Crippen molar-refractivity contribution in [2.45, 2.75) is 37.1 Å². The fourth-order valence-corrected chi connectivity index (χ4v) is 6.09. The van der Waals surface area contributed by atoms with Crippen molar-refractivity contribution in [2.24, 2.45) is 0 Å². The molecule has 0 radical (unpaired) electrons. The highest BCUT2D eigenvalue weighted by Gasteiger charge is 2.57. The van der Waals surface area contributed by atoms with Gasteiger partial charge in [-0.2, -0.15) is 13.2 Å². The van der Waals surface area contributed by atoms with Gasteiger partial charge in [-0.25, -0.2) is 12.7 Å². The van der Waals surface area contributed by atoms with Gasteiger partial charge in [0.15, 0.2) is 0 Å². The molecule has 196 valence electrons. The highest BCUT2D eigenvalue weighted by Crippen LogP contribution is 2.45. The zero-order valence-electron chi connectivity index (χ0n) is 20.5. The molecule has 2 aliphatic heterocycles. The predicted octanol–water partition coefficient (Wildman–Crippen LogP) is 3.52. The number of sulfonamides is 1. The van der Waals surface area contributed by atoms with Crippen molar-refractivity contribution in [3.63, 3.8) is 0 Å². The molecule has 4 rings (SSSR count). The molecule has 1 spiro atoms. The average molecular weight is 526 g/mol. The second-order valence-corrected chi connectivity index (χ2v) is 11.4. The summed E-state index contributed by atoms with van der Waals surface area (Å²) in [5.74, 6) is 0.589. The number of nitrogens with zero attached hydrogens (tertiary/aromatic N) is 3. The standard InChI is InChI=1S/C25H30F3N3O4S/c1-29-22(19-6-8-20(9-7-19)25(26,27)28)31(15-12-18-4-10-21(35-2)11-5-18)23(32)24(29)13-16-30(17-14-24)36(3,33)34/h4-11,22H,12-17H2,1-3H3. The first-order valence-electron chi connectivity index (χ1n) is 11.7. The largest absolute Gasteiger partial charge is 0.497 e. The number of ether oxygens (including phenoxy) is 1. The molecule has 2 saturated heterocycles. The van der Waals surface area contributed by atoms with Crippen molar-refractivity contribution < 1.29 is 31.1 Å². The highest BCUT2D eigenvalue weighted by molar-refractivity contribution is 7.88. The van der Waals surface area contributed by atoms with Crippen molar-refractivity contribution in [1.82, 2.24) is 14.1 Å². The van der Waals surface area contributed by atoms with Crippen molar-refractivity contribution in [1.29, 1.82) is 0 Å². The van der Waals surface area contributed by atoms with Crippen LogP contribution in [0, 0.1) is 0 Å². The Kier molecular flexibility index (Phi) is 7.11. The topological polar surface area (TPSA) is 70.2 Å². The normalized spacial score (nSPS) is 21.3. The van der Waals surface area contributed by atoms with E-state index in [0.29, 0.717) is 31.4 Å². The van der Waals surface area contributed by atoms with E-state index in [1.165, 1.54) is 16.4 Å². The van der Waals surface area contributed by atoms with E-state index in [4.69, 9.17) is 4.74 Å². The monoisotopic (exact) mass is 525 g/mol. The van der Waals surface area contributed by atoms with Gasteiger partial charge in [-0.3, -0.25) is 9.69 Å². The number of hydrogen-bond acceptors (Lipinski definition) is 5. The molecule has 0 saturated carbocycles. The molecule has 1 atom stereocenters. The molecule has 0 aliphatic carbocycles. The van der Waals surface area contributed by atoms with Crippen LogP contribution in [0.5, 0.6) is 5.75 Å². The van der Waals surface area contributed by atoms with E-state index in [1.807, 2.05) is 29.2 Å². The van der Waals surface area contributed by atoms with E-state index in [-0.39, 0.29) is 19.0 Å². The quantitative estimate of drug-likeness (QED) is 0.577. The molecule has 2 fully saturated rings. The summed E-state index contributed by atoms with van der Waals surface area (Å²) in [6.45, 7) is 0.778. The minimum atomic E-state index is -4.45. The average Bonchev–Trinajstić information content (AvgIpc) is 3.03. The zero-order chi connectivity index (χ0) is 26.3. The SMILES string of the molecule is COc1ccc(CCN2C(=O)C3(CCN(S(C)(=O)=O)CC3)N(C)C2c2ccc(C(F)(F)F)cc2)cc1. The first-order valence-corrected chi connectivity index (χ1v) is 13.5. The van der Waals surface area contributed by atoms with E-state index < -0.39 is 33.5 Å². The Labute approximate surface area is 209 Å². The van der Waals surface area contributed by atoms with Crippen LogP contribution in [-0.2, 0) is 27.4 Å². The molecule has 7 nitrogen and oxygen atoms in total. The fraction of sp³-hybridized carbons (Fsp3) is 0.480. The van der Waals surface area contributed by atoms with Gasteiger partial charge in [-0.05, 0) is 61.7 Å². The van der Waals surface area contributed by atoms with Crippen LogP contribution in [-0.4, -0.2) is 74.0 Å². The number of halogens is 3. The maximum absolute atomic E-state index is 13.9. The van der Waals surface area contributed by atoms with Crippen molar-refractivity contribution >= 4 is 15.9 Å². The maximum Gasteiger partial charge on any atom is 0.416 e. The highest BCUT2D eigenvalue weighted by atomic mass is 32.2. The summed E-state index contributed by atoms with van der Waals surface area (Å²) >= 11 is 0. The Hall–Kier alpha value is -2.63. The number of carbonyl (C=O) groups is 1. The number of amides is 1. The molecular weight excluding hydrogens is 495 g/mol. The van der Waals surface area contributed by atoms with E-state index >= 15 is 0 Å². The molecule has 1 amide bonds. The zero-order valence-corrected chi connectivity index (χ0v) is 21.3. The Balaban J connectivity index is 1.64. The molecule has 36 heavy (non-hydrogen) atoms. The molecule has 11 heteroatoms. The molecule has 0 aromatic heterocycles. The minimum Gasteiger partial charge on any atom is -0.497 e. The van der Waals surface area contributed by atoms with E-state index in [0.717, 1.165) is 29.7 Å². The number of piperidine rings is 1. The Morgan fingerprint density at radius 1 is 1.03 bits per heavy atom. The Morgan fingerprint density at radius 2 is 1.61 bits per heavy atom. The van der Waals surface area contributed by atoms with Crippen LogP contribution in [0.25, 0.3) is 0 Å². The molecule has 2 aliphatic rings. The lowest BCUT2D eigenvalue weighted by Crippen LogP contribution is -2.56. The molecule has 1 unspecified atom stereocenters. The minimum absolute atomic E-state index is 0.128. The van der Waals surface area contributed by atoms with Gasteiger partial charge >= 0.3 is 6.18 Å². The second-order valence-electron chi connectivity index (χ2n) is 9.39. The van der Waals surface area contributed by atoms with Crippen LogP contribution in [0.4, 0.5) is 13.2 Å². The van der Waals surface area contributed by atoms with Crippen LogP contribution in [0.2, 0.25) is 0 Å². The second kappa shape index (κ2) is 9.68. The number of hydrogen-bond donors (Lipinski definition) is 0. The molecule has 0 N–H and O–H groups in total. The summed E-state index contributed by atoms with van der Waals surface area (Å²) in [6, 6.07) is 12.4. The number of likely N-dealkylation sites (N-methyl/N-ethyl adjacent to an activating group) is 1. The number of carbonyl (C=O) groups excluding carboxylic acids is 1. The van der Waals surface area contributed by atoms with Crippen LogP contribution in [0.15, 0.2) is 48.5 Å². The third-order valence-electron chi connectivity index (χ3n) is 7.35. The van der Waals surface area contributed by atoms with E-state index in [1.54, 1.807) is 19.1 Å². The summed E-state index contributed by atoms with van der Waals surface area (Å²) in [5.41, 5.74) is -0.102. The number of rotatable bonds is 6. The van der Waals surface area contributed by atoms with Gasteiger partial charge in [0.1, 0.15) is 17.5 Å². The summed E-state index contributed by atoms with van der Waals surface area (Å²) in [4.78, 5) is 17.5. The third kappa shape index (κ3) is 4.96. The number of benzene rings is 2. The number of methoxy groups -OCH3 is 1. The lowest BCUT2D eigenvalue weighted by molar-refractivity contribution is -0.138. The van der Waals surface area contributed by atoms with Crippen molar-refractivity contribution in [3.8, 4) is 5.75 Å².